The average Bonchev–Trinajstić information content (AvgIpc) is 2.06. The van der Waals surface area contributed by atoms with Gasteiger partial charge in [0.2, 0.25) is 0 Å². The number of esters is 1. The molecule has 6 heteroatoms. The predicted octanol–water partition coefficient (Wildman–Crippen LogP) is -0.988. The third-order valence-electron chi connectivity index (χ3n) is 1.07. The maximum absolute atomic E-state index is 10.1. The molecule has 1 fully saturated rings. The van der Waals surface area contributed by atoms with Crippen molar-refractivity contribution < 1.29 is 29.3 Å². The number of ether oxygens (including phenoxy) is 2. The normalized spacial score (nSPS) is 17.8. The molecule has 6 nitrogen and oxygen atoms in total. The monoisotopic (exact) mass is 192 g/mol. The van der Waals surface area contributed by atoms with Crippen molar-refractivity contribution >= 4 is 11.9 Å². The zero-order valence-electron chi connectivity index (χ0n) is 7.23. The molecule has 0 aliphatic carbocycles. The van der Waals surface area contributed by atoms with Gasteiger partial charge in [-0.05, 0) is 6.92 Å². The minimum atomic E-state index is -1.23. The van der Waals surface area contributed by atoms with Crippen molar-refractivity contribution in [1.29, 1.82) is 0 Å². The minimum absolute atomic E-state index is 0.125. The standard InChI is InChI=1S/C4H6O3.C3H6O3/c5-4-3-6-1-2-7-4;1-2(4)3(5)6/h1-3H2;2,4H,1H3,(H,5,6). The van der Waals surface area contributed by atoms with Crippen molar-refractivity contribution in [2.75, 3.05) is 19.8 Å². The van der Waals surface area contributed by atoms with Crippen LogP contribution in [0.3, 0.4) is 0 Å². The van der Waals surface area contributed by atoms with Crippen molar-refractivity contribution in [2.45, 2.75) is 13.0 Å². The molecule has 1 atom stereocenters. The van der Waals surface area contributed by atoms with Crippen LogP contribution in [0.15, 0.2) is 0 Å². The summed E-state index contributed by atoms with van der Waals surface area (Å²) >= 11 is 0. The molecule has 0 aromatic rings. The van der Waals surface area contributed by atoms with Crippen LogP contribution in [0.1, 0.15) is 6.92 Å². The van der Waals surface area contributed by atoms with Crippen molar-refractivity contribution in [1.82, 2.24) is 0 Å². The zero-order chi connectivity index (χ0) is 10.3. The topological polar surface area (TPSA) is 93.1 Å². The molecule has 1 rings (SSSR count). The molecule has 1 aliphatic heterocycles. The van der Waals surface area contributed by atoms with Crippen molar-refractivity contribution in [2.24, 2.45) is 0 Å². The molecule has 2 N–H and O–H groups in total. The molecule has 76 valence electrons. The van der Waals surface area contributed by atoms with Gasteiger partial charge in [0.1, 0.15) is 19.3 Å². The highest BCUT2D eigenvalue weighted by Gasteiger charge is 2.06. The molecule has 0 aromatic heterocycles. The second-order valence-corrected chi connectivity index (χ2v) is 2.29. The highest BCUT2D eigenvalue weighted by Crippen LogP contribution is 1.88. The lowest BCUT2D eigenvalue weighted by Gasteiger charge is -2.09. The van der Waals surface area contributed by atoms with Gasteiger partial charge in [0.15, 0.2) is 0 Å². The maximum atomic E-state index is 10.1. The van der Waals surface area contributed by atoms with Crippen molar-refractivity contribution in [3.05, 3.63) is 0 Å². The molecule has 0 saturated carbocycles. The van der Waals surface area contributed by atoms with Gasteiger partial charge in [0.05, 0.1) is 6.61 Å². The summed E-state index contributed by atoms with van der Waals surface area (Å²) in [5.74, 6) is -1.44. The van der Waals surface area contributed by atoms with Crippen LogP contribution in [0.2, 0.25) is 0 Å². The van der Waals surface area contributed by atoms with Gasteiger partial charge in [0.25, 0.3) is 0 Å². The van der Waals surface area contributed by atoms with E-state index in [2.05, 4.69) is 4.74 Å². The Morgan fingerprint density at radius 1 is 1.54 bits per heavy atom. The first-order valence-corrected chi connectivity index (χ1v) is 3.68. The molecule has 0 amide bonds. The van der Waals surface area contributed by atoms with E-state index >= 15 is 0 Å². The summed E-state index contributed by atoms with van der Waals surface area (Å²) in [6.07, 6.45) is -1.23. The van der Waals surface area contributed by atoms with E-state index in [1.165, 1.54) is 6.92 Å². The van der Waals surface area contributed by atoms with Gasteiger partial charge in [-0.2, -0.15) is 0 Å². The Kier molecular flexibility index (Phi) is 5.82. The first-order chi connectivity index (χ1) is 6.04. The van der Waals surface area contributed by atoms with Crippen LogP contribution in [0, 0.1) is 0 Å². The Bertz CT molecular complexity index is 168. The molecular weight excluding hydrogens is 180 g/mol. The van der Waals surface area contributed by atoms with E-state index in [1.54, 1.807) is 0 Å². The van der Waals surface area contributed by atoms with Crippen LogP contribution in [-0.4, -0.2) is 48.1 Å². The van der Waals surface area contributed by atoms with E-state index in [0.717, 1.165) is 0 Å². The molecule has 0 aromatic carbocycles. The zero-order valence-corrected chi connectivity index (χ0v) is 7.23. The van der Waals surface area contributed by atoms with Crippen LogP contribution in [-0.2, 0) is 19.1 Å². The summed E-state index contributed by atoms with van der Waals surface area (Å²) in [5, 5.41) is 15.8. The predicted molar refractivity (Wildman–Crippen MR) is 41.1 cm³/mol. The summed E-state index contributed by atoms with van der Waals surface area (Å²) < 4.78 is 9.22. The van der Waals surface area contributed by atoms with E-state index in [0.29, 0.717) is 13.2 Å². The number of rotatable bonds is 1. The second-order valence-electron chi connectivity index (χ2n) is 2.29. The molecule has 0 radical (unpaired) electrons. The molecular formula is C7H12O6. The smallest absolute Gasteiger partial charge is 0.332 e. The lowest BCUT2D eigenvalue weighted by molar-refractivity contribution is -0.159. The highest BCUT2D eigenvalue weighted by molar-refractivity contribution is 5.71. The lowest BCUT2D eigenvalue weighted by Crippen LogP contribution is -2.22. The number of carbonyl (C=O) groups excluding carboxylic acids is 1. The third-order valence-corrected chi connectivity index (χ3v) is 1.07. The summed E-state index contributed by atoms with van der Waals surface area (Å²) in [6, 6.07) is 0. The number of aliphatic hydroxyl groups excluding tert-OH is 1. The van der Waals surface area contributed by atoms with Gasteiger partial charge < -0.3 is 19.7 Å². The van der Waals surface area contributed by atoms with Crippen LogP contribution in [0.25, 0.3) is 0 Å². The van der Waals surface area contributed by atoms with Gasteiger partial charge in [-0.25, -0.2) is 9.59 Å². The van der Waals surface area contributed by atoms with Gasteiger partial charge in [0, 0.05) is 0 Å². The largest absolute Gasteiger partial charge is 0.479 e. The quantitative estimate of drug-likeness (QED) is 0.518. The molecule has 13 heavy (non-hydrogen) atoms. The van der Waals surface area contributed by atoms with Gasteiger partial charge >= 0.3 is 11.9 Å². The number of aliphatic carboxylic acids is 1. The van der Waals surface area contributed by atoms with E-state index in [1.807, 2.05) is 0 Å². The molecule has 0 bridgehead atoms. The van der Waals surface area contributed by atoms with E-state index in [4.69, 9.17) is 14.9 Å². The number of carbonyl (C=O) groups is 2. The van der Waals surface area contributed by atoms with Gasteiger partial charge in [-0.15, -0.1) is 0 Å². The third kappa shape index (κ3) is 7.23. The minimum Gasteiger partial charge on any atom is -0.479 e. The molecule has 0 spiro atoms. The van der Waals surface area contributed by atoms with E-state index in [-0.39, 0.29) is 12.6 Å². The fourth-order valence-electron chi connectivity index (χ4n) is 0.412. The fourth-order valence-corrected chi connectivity index (χ4v) is 0.412. The van der Waals surface area contributed by atoms with Crippen molar-refractivity contribution in [3.63, 3.8) is 0 Å². The molecule has 1 heterocycles. The Balaban J connectivity index is 0.000000226. The average molecular weight is 192 g/mol. The Morgan fingerprint density at radius 2 is 2.08 bits per heavy atom. The van der Waals surface area contributed by atoms with Crippen LogP contribution >= 0.6 is 0 Å². The number of carboxylic acid groups (broad SMARTS) is 1. The number of aliphatic hydroxyl groups is 1. The summed E-state index contributed by atoms with van der Waals surface area (Å²) in [4.78, 5) is 19.6. The number of carboxylic acids is 1. The van der Waals surface area contributed by atoms with E-state index < -0.39 is 12.1 Å². The fraction of sp³-hybridized carbons (Fsp3) is 0.714. The second kappa shape index (κ2) is 6.38. The molecule has 1 unspecified atom stereocenters. The number of hydrogen-bond donors (Lipinski definition) is 2. The Labute approximate surface area is 75.1 Å². The summed E-state index contributed by atoms with van der Waals surface area (Å²) in [5.41, 5.74) is 0. The van der Waals surface area contributed by atoms with Gasteiger partial charge in [-0.3, -0.25) is 0 Å². The Hall–Kier alpha value is -1.14. The number of cyclic esters (lactones) is 1. The van der Waals surface area contributed by atoms with Crippen LogP contribution < -0.4 is 0 Å². The summed E-state index contributed by atoms with van der Waals surface area (Å²) in [6.45, 7) is 2.28. The van der Waals surface area contributed by atoms with Crippen LogP contribution in [0.4, 0.5) is 0 Å². The SMILES string of the molecule is CC(O)C(=O)O.O=C1COCCO1. The van der Waals surface area contributed by atoms with Gasteiger partial charge in [-0.1, -0.05) is 0 Å². The Morgan fingerprint density at radius 3 is 2.23 bits per heavy atom. The highest BCUT2D eigenvalue weighted by atomic mass is 16.6. The summed E-state index contributed by atoms with van der Waals surface area (Å²) in [7, 11) is 0. The molecule has 1 saturated heterocycles. The van der Waals surface area contributed by atoms with E-state index in [9.17, 15) is 9.59 Å². The van der Waals surface area contributed by atoms with Crippen LogP contribution in [0.5, 0.6) is 0 Å². The maximum Gasteiger partial charge on any atom is 0.332 e. The molecule has 1 aliphatic rings. The lowest BCUT2D eigenvalue weighted by atomic mass is 10.4. The first-order valence-electron chi connectivity index (χ1n) is 3.68. The first kappa shape index (κ1) is 11.9. The number of hydrogen-bond acceptors (Lipinski definition) is 5. The van der Waals surface area contributed by atoms with Crippen molar-refractivity contribution in [3.8, 4) is 0 Å².